The van der Waals surface area contributed by atoms with Crippen molar-refractivity contribution in [1.82, 2.24) is 5.32 Å². The number of benzene rings is 1. The first-order valence-electron chi connectivity index (χ1n) is 8.39. The number of amides is 1. The maximum absolute atomic E-state index is 12.8. The van der Waals surface area contributed by atoms with E-state index in [9.17, 15) is 18.0 Å². The van der Waals surface area contributed by atoms with Crippen LogP contribution >= 0.6 is 0 Å². The van der Waals surface area contributed by atoms with Crippen molar-refractivity contribution in [2.24, 2.45) is 0 Å². The van der Waals surface area contributed by atoms with Crippen LogP contribution in [0.1, 0.15) is 19.8 Å². The predicted octanol–water partition coefficient (Wildman–Crippen LogP) is 0.734. The van der Waals surface area contributed by atoms with Crippen molar-refractivity contribution in [2.45, 2.75) is 24.5 Å². The lowest BCUT2D eigenvalue weighted by molar-refractivity contribution is -0.145. The Balaban J connectivity index is 2.10. The van der Waals surface area contributed by atoms with Crippen molar-refractivity contribution in [3.8, 4) is 5.75 Å². The van der Waals surface area contributed by atoms with E-state index < -0.39 is 26.5 Å². The van der Waals surface area contributed by atoms with E-state index in [-0.39, 0.29) is 26.1 Å². The summed E-state index contributed by atoms with van der Waals surface area (Å²) >= 11 is 0. The van der Waals surface area contributed by atoms with Gasteiger partial charge in [-0.2, -0.15) is 0 Å². The summed E-state index contributed by atoms with van der Waals surface area (Å²) in [5.41, 5.74) is 0.401. The minimum atomic E-state index is -3.59. The van der Waals surface area contributed by atoms with E-state index in [4.69, 9.17) is 9.47 Å². The van der Waals surface area contributed by atoms with Crippen LogP contribution in [0.25, 0.3) is 0 Å². The SMILES string of the molecule is CCOC(=O)COc1cccc(NC(=O)C2(S(C)(=O)=O)CCNCC2)c1. The molecule has 1 aromatic rings. The van der Waals surface area contributed by atoms with Gasteiger partial charge < -0.3 is 20.1 Å². The van der Waals surface area contributed by atoms with Crippen LogP contribution in [0, 0.1) is 0 Å². The number of carbonyl (C=O) groups excluding carboxylic acids is 2. The van der Waals surface area contributed by atoms with Gasteiger partial charge in [0.15, 0.2) is 21.2 Å². The predicted molar refractivity (Wildman–Crippen MR) is 96.9 cm³/mol. The second-order valence-electron chi connectivity index (χ2n) is 6.09. The fraction of sp³-hybridized carbons (Fsp3) is 0.529. The van der Waals surface area contributed by atoms with Crippen molar-refractivity contribution in [3.05, 3.63) is 24.3 Å². The highest BCUT2D eigenvalue weighted by atomic mass is 32.2. The van der Waals surface area contributed by atoms with Gasteiger partial charge in [0.05, 0.1) is 6.61 Å². The summed E-state index contributed by atoms with van der Waals surface area (Å²) in [4.78, 5) is 24.1. The quantitative estimate of drug-likeness (QED) is 0.667. The molecule has 0 bridgehead atoms. The Hall–Kier alpha value is -2.13. The number of nitrogens with one attached hydrogen (secondary N) is 2. The normalized spacial score (nSPS) is 16.5. The second-order valence-corrected chi connectivity index (χ2v) is 8.42. The van der Waals surface area contributed by atoms with Crippen molar-refractivity contribution < 1.29 is 27.5 Å². The lowest BCUT2D eigenvalue weighted by atomic mass is 9.95. The van der Waals surface area contributed by atoms with E-state index in [0.29, 0.717) is 24.5 Å². The molecule has 1 heterocycles. The van der Waals surface area contributed by atoms with Crippen LogP contribution in [0.4, 0.5) is 5.69 Å². The molecule has 0 saturated carbocycles. The van der Waals surface area contributed by atoms with Crippen LogP contribution in [0.3, 0.4) is 0 Å². The van der Waals surface area contributed by atoms with E-state index in [1.165, 1.54) is 6.07 Å². The van der Waals surface area contributed by atoms with Gasteiger partial charge in [0, 0.05) is 18.0 Å². The smallest absolute Gasteiger partial charge is 0.344 e. The Morgan fingerprint density at radius 1 is 1.27 bits per heavy atom. The van der Waals surface area contributed by atoms with Crippen LogP contribution in [0.2, 0.25) is 0 Å². The standard InChI is InChI=1S/C17H24N2O6S/c1-3-24-15(20)12-25-14-6-4-5-13(11-14)19-16(21)17(26(2,22)23)7-9-18-10-8-17/h4-6,11,18H,3,7-10,12H2,1-2H3,(H,19,21). The summed E-state index contributed by atoms with van der Waals surface area (Å²) in [6, 6.07) is 6.44. The average Bonchev–Trinajstić information content (AvgIpc) is 2.60. The number of sulfone groups is 1. The van der Waals surface area contributed by atoms with Gasteiger partial charge in [-0.15, -0.1) is 0 Å². The number of hydrogen-bond acceptors (Lipinski definition) is 7. The zero-order chi connectivity index (χ0) is 19.2. The van der Waals surface area contributed by atoms with Gasteiger partial charge in [0.25, 0.3) is 0 Å². The maximum atomic E-state index is 12.8. The van der Waals surface area contributed by atoms with E-state index >= 15 is 0 Å². The van der Waals surface area contributed by atoms with Gasteiger partial charge >= 0.3 is 5.97 Å². The molecule has 144 valence electrons. The number of piperidine rings is 1. The number of rotatable bonds is 7. The summed E-state index contributed by atoms with van der Waals surface area (Å²) in [5, 5.41) is 5.74. The summed E-state index contributed by atoms with van der Waals surface area (Å²) in [5.74, 6) is -0.675. The molecule has 0 aromatic heterocycles. The van der Waals surface area contributed by atoms with Crippen molar-refractivity contribution in [3.63, 3.8) is 0 Å². The largest absolute Gasteiger partial charge is 0.482 e. The minimum Gasteiger partial charge on any atom is -0.482 e. The average molecular weight is 384 g/mol. The first-order valence-corrected chi connectivity index (χ1v) is 10.3. The van der Waals surface area contributed by atoms with Crippen molar-refractivity contribution in [1.29, 1.82) is 0 Å². The summed E-state index contributed by atoms with van der Waals surface area (Å²) < 4.78 is 33.2. The minimum absolute atomic E-state index is 0.219. The fourth-order valence-electron chi connectivity index (χ4n) is 2.85. The molecule has 1 fully saturated rings. The molecule has 2 rings (SSSR count). The molecular weight excluding hydrogens is 360 g/mol. The zero-order valence-electron chi connectivity index (χ0n) is 14.9. The highest BCUT2D eigenvalue weighted by Crippen LogP contribution is 2.30. The summed E-state index contributed by atoms with van der Waals surface area (Å²) in [6.45, 7) is 2.64. The van der Waals surface area contributed by atoms with Gasteiger partial charge in [-0.05, 0) is 45.0 Å². The Morgan fingerprint density at radius 2 is 1.96 bits per heavy atom. The fourth-order valence-corrected chi connectivity index (χ4v) is 4.18. The van der Waals surface area contributed by atoms with Crippen LogP contribution in [0.15, 0.2) is 24.3 Å². The van der Waals surface area contributed by atoms with Gasteiger partial charge in [-0.25, -0.2) is 13.2 Å². The molecule has 8 nitrogen and oxygen atoms in total. The van der Waals surface area contributed by atoms with Gasteiger partial charge in [-0.1, -0.05) is 6.07 Å². The Kier molecular flexibility index (Phi) is 6.60. The molecule has 0 unspecified atom stereocenters. The molecule has 0 atom stereocenters. The lowest BCUT2D eigenvalue weighted by Crippen LogP contribution is -2.55. The molecule has 1 aliphatic heterocycles. The van der Waals surface area contributed by atoms with Crippen LogP contribution in [-0.2, 0) is 24.2 Å². The van der Waals surface area contributed by atoms with Crippen molar-refractivity contribution in [2.75, 3.05) is 37.9 Å². The summed E-state index contributed by atoms with van der Waals surface area (Å²) in [7, 11) is -3.59. The monoisotopic (exact) mass is 384 g/mol. The third-order valence-electron chi connectivity index (χ3n) is 4.29. The molecule has 9 heteroatoms. The first kappa shape index (κ1) is 20.2. The Bertz CT molecular complexity index is 756. The first-order chi connectivity index (χ1) is 12.3. The Morgan fingerprint density at radius 3 is 2.58 bits per heavy atom. The molecule has 26 heavy (non-hydrogen) atoms. The van der Waals surface area contributed by atoms with E-state index in [2.05, 4.69) is 10.6 Å². The molecule has 0 aliphatic carbocycles. The topological polar surface area (TPSA) is 111 Å². The molecule has 1 aromatic carbocycles. The number of carbonyl (C=O) groups is 2. The third kappa shape index (κ3) is 4.73. The maximum Gasteiger partial charge on any atom is 0.344 e. The third-order valence-corrected chi connectivity index (χ3v) is 6.30. The van der Waals surface area contributed by atoms with Gasteiger partial charge in [-0.3, -0.25) is 4.79 Å². The van der Waals surface area contributed by atoms with E-state index in [1.807, 2.05) is 0 Å². The van der Waals surface area contributed by atoms with Crippen LogP contribution < -0.4 is 15.4 Å². The molecule has 0 radical (unpaired) electrons. The van der Waals surface area contributed by atoms with E-state index in [0.717, 1.165) is 6.26 Å². The molecule has 1 saturated heterocycles. The Labute approximate surface area is 153 Å². The van der Waals surface area contributed by atoms with E-state index in [1.54, 1.807) is 25.1 Å². The zero-order valence-corrected chi connectivity index (χ0v) is 15.7. The van der Waals surface area contributed by atoms with Crippen LogP contribution in [-0.4, -0.2) is 57.6 Å². The highest BCUT2D eigenvalue weighted by Gasteiger charge is 2.48. The molecule has 0 spiro atoms. The second kappa shape index (κ2) is 8.50. The van der Waals surface area contributed by atoms with Crippen LogP contribution in [0.5, 0.6) is 5.75 Å². The highest BCUT2D eigenvalue weighted by molar-refractivity contribution is 7.92. The molecule has 2 N–H and O–H groups in total. The van der Waals surface area contributed by atoms with Gasteiger partial charge in [0.2, 0.25) is 5.91 Å². The number of hydrogen-bond donors (Lipinski definition) is 2. The number of esters is 1. The molecule has 1 aliphatic rings. The number of ether oxygens (including phenoxy) is 2. The summed E-state index contributed by atoms with van der Waals surface area (Å²) in [6.07, 6.45) is 1.53. The molecular formula is C17H24N2O6S. The lowest BCUT2D eigenvalue weighted by Gasteiger charge is -2.34. The number of anilines is 1. The van der Waals surface area contributed by atoms with Crippen molar-refractivity contribution >= 4 is 27.4 Å². The van der Waals surface area contributed by atoms with Gasteiger partial charge in [0.1, 0.15) is 5.75 Å². The molecule has 1 amide bonds.